The Bertz CT molecular complexity index is 978. The van der Waals surface area contributed by atoms with Crippen molar-refractivity contribution in [2.24, 2.45) is 0 Å². The molecule has 0 saturated carbocycles. The third-order valence-corrected chi connectivity index (χ3v) is 4.27. The Hall–Kier alpha value is -2.99. The van der Waals surface area contributed by atoms with Gasteiger partial charge in [0.15, 0.2) is 0 Å². The van der Waals surface area contributed by atoms with Crippen molar-refractivity contribution in [3.05, 3.63) is 70.3 Å². The van der Waals surface area contributed by atoms with Crippen molar-refractivity contribution in [3.63, 3.8) is 0 Å². The Balaban J connectivity index is 1.65. The van der Waals surface area contributed by atoms with Crippen LogP contribution in [0.2, 0.25) is 0 Å². The quantitative estimate of drug-likeness (QED) is 0.713. The summed E-state index contributed by atoms with van der Waals surface area (Å²) in [5.74, 6) is -0.170. The van der Waals surface area contributed by atoms with E-state index in [1.54, 1.807) is 18.2 Å². The standard InChI is InChI=1S/C20H21N3O3/c1-14-3-2-4-17-19(14)21-13-23(20(17)26)11-9-18(25)22-16-7-5-15(6-8-16)10-12-24/h2-8,13,24H,9-12H2,1H3,(H,22,25). The number of carbonyl (C=O) groups excluding carboxylic acids is 1. The maximum absolute atomic E-state index is 12.5. The molecule has 0 atom stereocenters. The molecule has 26 heavy (non-hydrogen) atoms. The largest absolute Gasteiger partial charge is 0.396 e. The van der Waals surface area contributed by atoms with Crippen LogP contribution in [0.4, 0.5) is 5.69 Å². The van der Waals surface area contributed by atoms with Crippen molar-refractivity contribution in [1.29, 1.82) is 0 Å². The van der Waals surface area contributed by atoms with E-state index in [1.165, 1.54) is 10.9 Å². The highest BCUT2D eigenvalue weighted by Gasteiger charge is 2.08. The Labute approximate surface area is 151 Å². The smallest absolute Gasteiger partial charge is 0.261 e. The molecule has 3 aromatic rings. The topological polar surface area (TPSA) is 84.2 Å². The lowest BCUT2D eigenvalue weighted by Crippen LogP contribution is -2.23. The number of hydrogen-bond acceptors (Lipinski definition) is 4. The molecule has 3 rings (SSSR count). The number of nitrogens with zero attached hydrogens (tertiary/aromatic N) is 2. The maximum Gasteiger partial charge on any atom is 0.261 e. The van der Waals surface area contributed by atoms with Crippen molar-refractivity contribution in [1.82, 2.24) is 9.55 Å². The van der Waals surface area contributed by atoms with E-state index in [2.05, 4.69) is 10.3 Å². The van der Waals surface area contributed by atoms with Gasteiger partial charge >= 0.3 is 0 Å². The fourth-order valence-corrected chi connectivity index (χ4v) is 2.83. The number of para-hydroxylation sites is 1. The second kappa shape index (κ2) is 7.93. The minimum atomic E-state index is -0.170. The Kier molecular flexibility index (Phi) is 5.43. The lowest BCUT2D eigenvalue weighted by Gasteiger charge is -2.09. The summed E-state index contributed by atoms with van der Waals surface area (Å²) in [6.07, 6.45) is 2.26. The van der Waals surface area contributed by atoms with Gasteiger partial charge < -0.3 is 10.4 Å². The highest BCUT2D eigenvalue weighted by atomic mass is 16.3. The fraction of sp³-hybridized carbons (Fsp3) is 0.250. The zero-order valence-corrected chi connectivity index (χ0v) is 14.6. The number of aliphatic hydroxyl groups is 1. The summed E-state index contributed by atoms with van der Waals surface area (Å²) in [6.45, 7) is 2.28. The van der Waals surface area contributed by atoms with Crippen LogP contribution in [0, 0.1) is 6.92 Å². The van der Waals surface area contributed by atoms with Crippen LogP contribution in [0.25, 0.3) is 10.9 Å². The van der Waals surface area contributed by atoms with Gasteiger partial charge in [0, 0.05) is 25.3 Å². The highest BCUT2D eigenvalue weighted by Crippen LogP contribution is 2.12. The van der Waals surface area contributed by atoms with E-state index in [-0.39, 0.29) is 31.0 Å². The predicted octanol–water partition coefficient (Wildman–Crippen LogP) is 2.27. The number of aryl methyl sites for hydroxylation is 2. The van der Waals surface area contributed by atoms with E-state index in [0.29, 0.717) is 23.0 Å². The molecule has 0 fully saturated rings. The van der Waals surface area contributed by atoms with Crippen LogP contribution in [0.5, 0.6) is 0 Å². The van der Waals surface area contributed by atoms with Gasteiger partial charge in [-0.2, -0.15) is 0 Å². The Morgan fingerprint density at radius 2 is 1.96 bits per heavy atom. The van der Waals surface area contributed by atoms with Crippen LogP contribution < -0.4 is 10.9 Å². The van der Waals surface area contributed by atoms with Gasteiger partial charge in [-0.15, -0.1) is 0 Å². The first-order valence-electron chi connectivity index (χ1n) is 8.53. The Morgan fingerprint density at radius 3 is 2.69 bits per heavy atom. The molecule has 0 saturated heterocycles. The summed E-state index contributed by atoms with van der Waals surface area (Å²) in [6, 6.07) is 12.8. The monoisotopic (exact) mass is 351 g/mol. The van der Waals surface area contributed by atoms with E-state index in [0.717, 1.165) is 11.1 Å². The predicted molar refractivity (Wildman–Crippen MR) is 101 cm³/mol. The average molecular weight is 351 g/mol. The molecule has 0 unspecified atom stereocenters. The number of nitrogens with one attached hydrogen (secondary N) is 1. The zero-order chi connectivity index (χ0) is 18.5. The van der Waals surface area contributed by atoms with Crippen molar-refractivity contribution < 1.29 is 9.90 Å². The SMILES string of the molecule is Cc1cccc2c(=O)n(CCC(=O)Nc3ccc(CCO)cc3)cnc12. The highest BCUT2D eigenvalue weighted by molar-refractivity contribution is 5.90. The molecule has 2 aromatic carbocycles. The van der Waals surface area contributed by atoms with E-state index in [4.69, 9.17) is 5.11 Å². The van der Waals surface area contributed by atoms with Crippen molar-refractivity contribution in [2.45, 2.75) is 26.3 Å². The van der Waals surface area contributed by atoms with E-state index in [1.807, 2.05) is 31.2 Å². The molecule has 6 heteroatoms. The molecule has 1 aromatic heterocycles. The van der Waals surface area contributed by atoms with Crippen molar-refractivity contribution >= 4 is 22.5 Å². The zero-order valence-electron chi connectivity index (χ0n) is 14.6. The number of aliphatic hydroxyl groups excluding tert-OH is 1. The van der Waals surface area contributed by atoms with Gasteiger partial charge in [-0.3, -0.25) is 14.2 Å². The van der Waals surface area contributed by atoms with E-state index < -0.39 is 0 Å². The lowest BCUT2D eigenvalue weighted by atomic mass is 10.1. The third-order valence-electron chi connectivity index (χ3n) is 4.27. The van der Waals surface area contributed by atoms with Crippen molar-refractivity contribution in [3.8, 4) is 0 Å². The van der Waals surface area contributed by atoms with Gasteiger partial charge in [-0.25, -0.2) is 4.98 Å². The first-order valence-corrected chi connectivity index (χ1v) is 8.53. The van der Waals surface area contributed by atoms with Gasteiger partial charge in [-0.1, -0.05) is 24.3 Å². The van der Waals surface area contributed by atoms with Gasteiger partial charge in [0.1, 0.15) is 0 Å². The van der Waals surface area contributed by atoms with Crippen LogP contribution >= 0.6 is 0 Å². The molecular weight excluding hydrogens is 330 g/mol. The molecule has 0 aliphatic heterocycles. The van der Waals surface area contributed by atoms with Gasteiger partial charge in [0.05, 0.1) is 17.2 Å². The minimum absolute atomic E-state index is 0.0970. The maximum atomic E-state index is 12.5. The molecule has 6 nitrogen and oxygen atoms in total. The Morgan fingerprint density at radius 1 is 1.19 bits per heavy atom. The summed E-state index contributed by atoms with van der Waals surface area (Å²) >= 11 is 0. The van der Waals surface area contributed by atoms with Gasteiger partial charge in [0.25, 0.3) is 5.56 Å². The number of aromatic nitrogens is 2. The van der Waals surface area contributed by atoms with Crippen LogP contribution in [0.15, 0.2) is 53.6 Å². The van der Waals surface area contributed by atoms with E-state index in [9.17, 15) is 9.59 Å². The summed E-state index contributed by atoms with van der Waals surface area (Å²) < 4.78 is 1.46. The molecule has 0 aliphatic rings. The minimum Gasteiger partial charge on any atom is -0.396 e. The number of rotatable bonds is 6. The molecule has 1 amide bonds. The number of carbonyl (C=O) groups is 1. The molecular formula is C20H21N3O3. The van der Waals surface area contributed by atoms with Crippen LogP contribution in [-0.4, -0.2) is 27.2 Å². The van der Waals surface area contributed by atoms with Crippen LogP contribution in [0.3, 0.4) is 0 Å². The number of anilines is 1. The second-order valence-corrected chi connectivity index (χ2v) is 6.18. The summed E-state index contributed by atoms with van der Waals surface area (Å²) in [5.41, 5.74) is 3.21. The van der Waals surface area contributed by atoms with Crippen LogP contribution in [-0.2, 0) is 17.8 Å². The number of hydrogen-bond donors (Lipinski definition) is 2. The van der Waals surface area contributed by atoms with Gasteiger partial charge in [0.2, 0.25) is 5.91 Å². The lowest BCUT2D eigenvalue weighted by molar-refractivity contribution is -0.116. The average Bonchev–Trinajstić information content (AvgIpc) is 2.64. The number of fused-ring (bicyclic) bond motifs is 1. The summed E-state index contributed by atoms with van der Waals surface area (Å²) in [4.78, 5) is 29.0. The normalized spacial score (nSPS) is 10.8. The van der Waals surface area contributed by atoms with Crippen molar-refractivity contribution in [2.75, 3.05) is 11.9 Å². The molecule has 0 radical (unpaired) electrons. The van der Waals surface area contributed by atoms with E-state index >= 15 is 0 Å². The third kappa shape index (κ3) is 3.97. The molecule has 1 heterocycles. The van der Waals surface area contributed by atoms with Gasteiger partial charge in [-0.05, 0) is 42.7 Å². The second-order valence-electron chi connectivity index (χ2n) is 6.18. The molecule has 134 valence electrons. The summed E-state index contributed by atoms with van der Waals surface area (Å²) in [5, 5.41) is 12.3. The summed E-state index contributed by atoms with van der Waals surface area (Å²) in [7, 11) is 0. The number of amides is 1. The first kappa shape index (κ1) is 17.8. The molecule has 0 aliphatic carbocycles. The first-order chi connectivity index (χ1) is 12.6. The molecule has 0 spiro atoms. The number of benzene rings is 2. The molecule has 2 N–H and O–H groups in total. The van der Waals surface area contributed by atoms with Crippen LogP contribution in [0.1, 0.15) is 17.5 Å². The molecule has 0 bridgehead atoms. The fourth-order valence-electron chi connectivity index (χ4n) is 2.83.